The van der Waals surface area contributed by atoms with E-state index in [-0.39, 0.29) is 0 Å². The van der Waals surface area contributed by atoms with Crippen molar-refractivity contribution in [2.75, 3.05) is 46.2 Å². The van der Waals surface area contributed by atoms with E-state index in [0.717, 1.165) is 31.7 Å². The molecule has 4 nitrogen and oxygen atoms in total. The minimum Gasteiger partial charge on any atom is -0.386 e. The van der Waals surface area contributed by atoms with E-state index in [4.69, 9.17) is 14.2 Å². The van der Waals surface area contributed by atoms with Crippen molar-refractivity contribution in [3.63, 3.8) is 0 Å². The predicted molar refractivity (Wildman–Crippen MR) is 88.6 cm³/mol. The second-order valence-corrected chi connectivity index (χ2v) is 5.31. The monoisotopic (exact) mass is 301 g/mol. The van der Waals surface area contributed by atoms with Gasteiger partial charge < -0.3 is 19.5 Å². The van der Waals surface area contributed by atoms with Crippen molar-refractivity contribution in [3.05, 3.63) is 12.3 Å². The first-order valence-electron chi connectivity index (χ1n) is 8.38. The molecule has 1 unspecified atom stereocenters. The van der Waals surface area contributed by atoms with Gasteiger partial charge in [-0.3, -0.25) is 0 Å². The molecule has 0 bridgehead atoms. The average molecular weight is 301 g/mol. The molecule has 0 aromatic heterocycles. The molecule has 0 rings (SSSR count). The number of rotatable bonds is 16. The van der Waals surface area contributed by atoms with Crippen LogP contribution in [0.5, 0.6) is 0 Å². The third-order valence-electron chi connectivity index (χ3n) is 3.44. The van der Waals surface area contributed by atoms with Crippen LogP contribution in [0.15, 0.2) is 12.3 Å². The fourth-order valence-electron chi connectivity index (χ4n) is 1.70. The highest BCUT2D eigenvalue weighted by atomic mass is 16.5. The lowest BCUT2D eigenvalue weighted by atomic mass is 10.1. The lowest BCUT2D eigenvalue weighted by Crippen LogP contribution is -2.23. The molecule has 0 aliphatic carbocycles. The van der Waals surface area contributed by atoms with E-state index in [0.29, 0.717) is 39.0 Å². The van der Waals surface area contributed by atoms with Gasteiger partial charge >= 0.3 is 0 Å². The van der Waals surface area contributed by atoms with Crippen LogP contribution in [0.25, 0.3) is 0 Å². The van der Waals surface area contributed by atoms with Crippen LogP contribution in [0, 0.1) is 5.92 Å². The summed E-state index contributed by atoms with van der Waals surface area (Å²) in [6, 6.07) is 0. The Labute approximate surface area is 131 Å². The molecule has 4 heteroatoms. The van der Waals surface area contributed by atoms with Gasteiger partial charge in [0.25, 0.3) is 0 Å². The first kappa shape index (κ1) is 20.4. The highest BCUT2D eigenvalue weighted by Crippen LogP contribution is 2.07. The minimum atomic E-state index is 0.519. The molecule has 1 N–H and O–H groups in total. The molecule has 0 heterocycles. The molecule has 0 spiro atoms. The molecule has 0 saturated heterocycles. The van der Waals surface area contributed by atoms with Crippen molar-refractivity contribution in [1.29, 1.82) is 0 Å². The fraction of sp³-hybridized carbons (Fsp3) is 0.882. The highest BCUT2D eigenvalue weighted by molar-refractivity contribution is 4.95. The zero-order chi connectivity index (χ0) is 15.8. The summed E-state index contributed by atoms with van der Waals surface area (Å²) < 4.78 is 16.4. The van der Waals surface area contributed by atoms with Gasteiger partial charge in [-0.15, -0.1) is 0 Å². The number of nitrogens with one attached hydrogen (secondary N) is 1. The SMILES string of the molecule is C=C(NCCOCCOCCOCCCCC)C(C)CC. The summed E-state index contributed by atoms with van der Waals surface area (Å²) in [5, 5.41) is 3.29. The molecule has 0 radical (unpaired) electrons. The highest BCUT2D eigenvalue weighted by Gasteiger charge is 2.02. The molecular formula is C17H35NO3. The van der Waals surface area contributed by atoms with Crippen LogP contribution in [0.4, 0.5) is 0 Å². The van der Waals surface area contributed by atoms with Crippen LogP contribution in [0.2, 0.25) is 0 Å². The molecule has 0 amide bonds. The molecule has 0 aromatic rings. The average Bonchev–Trinajstić information content (AvgIpc) is 2.50. The van der Waals surface area contributed by atoms with Crippen molar-refractivity contribution in [3.8, 4) is 0 Å². The lowest BCUT2D eigenvalue weighted by molar-refractivity contribution is 0.0147. The van der Waals surface area contributed by atoms with Gasteiger partial charge in [0, 0.05) is 18.8 Å². The zero-order valence-corrected chi connectivity index (χ0v) is 14.3. The second-order valence-electron chi connectivity index (χ2n) is 5.31. The summed E-state index contributed by atoms with van der Waals surface area (Å²) in [7, 11) is 0. The molecule has 0 fully saturated rings. The molecule has 1 atom stereocenters. The maximum Gasteiger partial charge on any atom is 0.0701 e. The van der Waals surface area contributed by atoms with E-state index >= 15 is 0 Å². The van der Waals surface area contributed by atoms with Crippen molar-refractivity contribution >= 4 is 0 Å². The van der Waals surface area contributed by atoms with E-state index in [1.165, 1.54) is 12.8 Å². The Morgan fingerprint density at radius 3 is 2.05 bits per heavy atom. The fourth-order valence-corrected chi connectivity index (χ4v) is 1.70. The molecule has 21 heavy (non-hydrogen) atoms. The molecule has 0 aliphatic rings. The molecule has 0 saturated carbocycles. The van der Waals surface area contributed by atoms with E-state index in [2.05, 4.69) is 32.7 Å². The number of unbranched alkanes of at least 4 members (excludes halogenated alkanes) is 2. The summed E-state index contributed by atoms with van der Waals surface area (Å²) >= 11 is 0. The van der Waals surface area contributed by atoms with Crippen molar-refractivity contribution in [2.24, 2.45) is 5.92 Å². The van der Waals surface area contributed by atoms with Crippen LogP contribution >= 0.6 is 0 Å². The van der Waals surface area contributed by atoms with Crippen molar-refractivity contribution in [2.45, 2.75) is 46.5 Å². The van der Waals surface area contributed by atoms with Crippen LogP contribution in [-0.4, -0.2) is 46.2 Å². The minimum absolute atomic E-state index is 0.519. The number of hydrogen-bond acceptors (Lipinski definition) is 4. The maximum absolute atomic E-state index is 5.49. The number of ether oxygens (including phenoxy) is 3. The number of allylic oxidation sites excluding steroid dienone is 1. The first-order chi connectivity index (χ1) is 10.2. The Hall–Kier alpha value is -0.580. The maximum atomic E-state index is 5.49. The zero-order valence-electron chi connectivity index (χ0n) is 14.3. The standard InChI is InChI=1S/C17H35NO3/c1-5-7-8-10-19-12-14-21-15-13-20-11-9-18-17(4)16(3)6-2/h16,18H,4-15H2,1-3H3. The van der Waals surface area contributed by atoms with Gasteiger partial charge in [-0.1, -0.05) is 40.2 Å². The Kier molecular flexibility index (Phi) is 15.4. The molecule has 0 aromatic carbocycles. The largest absolute Gasteiger partial charge is 0.386 e. The molecule has 0 aliphatic heterocycles. The number of hydrogen-bond donors (Lipinski definition) is 1. The quantitative estimate of drug-likeness (QED) is 0.444. The summed E-state index contributed by atoms with van der Waals surface area (Å²) in [4.78, 5) is 0. The third-order valence-corrected chi connectivity index (χ3v) is 3.44. The molecular weight excluding hydrogens is 266 g/mol. The third kappa shape index (κ3) is 14.1. The van der Waals surface area contributed by atoms with E-state index in [1.807, 2.05) is 0 Å². The topological polar surface area (TPSA) is 39.7 Å². The Morgan fingerprint density at radius 2 is 1.48 bits per heavy atom. The first-order valence-corrected chi connectivity index (χ1v) is 8.38. The lowest BCUT2D eigenvalue weighted by Gasteiger charge is -2.15. The van der Waals surface area contributed by atoms with Crippen LogP contribution in [-0.2, 0) is 14.2 Å². The molecule has 126 valence electrons. The van der Waals surface area contributed by atoms with Gasteiger partial charge in [0.2, 0.25) is 0 Å². The van der Waals surface area contributed by atoms with Crippen LogP contribution in [0.1, 0.15) is 46.5 Å². The van der Waals surface area contributed by atoms with E-state index < -0.39 is 0 Å². The van der Waals surface area contributed by atoms with Gasteiger partial charge in [0.15, 0.2) is 0 Å². The van der Waals surface area contributed by atoms with Crippen LogP contribution < -0.4 is 5.32 Å². The smallest absolute Gasteiger partial charge is 0.0701 e. The van der Waals surface area contributed by atoms with Gasteiger partial charge in [-0.25, -0.2) is 0 Å². The van der Waals surface area contributed by atoms with Gasteiger partial charge in [-0.2, -0.15) is 0 Å². The van der Waals surface area contributed by atoms with Gasteiger partial charge in [-0.05, 0) is 18.8 Å². The summed E-state index contributed by atoms with van der Waals surface area (Å²) in [5.74, 6) is 0.519. The summed E-state index contributed by atoms with van der Waals surface area (Å²) in [6.07, 6.45) is 4.73. The summed E-state index contributed by atoms with van der Waals surface area (Å²) in [6.45, 7) is 15.5. The van der Waals surface area contributed by atoms with Crippen molar-refractivity contribution in [1.82, 2.24) is 5.32 Å². The summed E-state index contributed by atoms with van der Waals surface area (Å²) in [5.41, 5.74) is 1.09. The Balaban J connectivity index is 3.11. The van der Waals surface area contributed by atoms with Crippen LogP contribution in [0.3, 0.4) is 0 Å². The Morgan fingerprint density at radius 1 is 0.905 bits per heavy atom. The second kappa shape index (κ2) is 15.8. The predicted octanol–water partition coefficient (Wildman–Crippen LogP) is 3.38. The normalized spacial score (nSPS) is 12.3. The van der Waals surface area contributed by atoms with E-state index in [1.54, 1.807) is 0 Å². The van der Waals surface area contributed by atoms with E-state index in [9.17, 15) is 0 Å². The Bertz CT molecular complexity index is 234. The van der Waals surface area contributed by atoms with Crippen molar-refractivity contribution < 1.29 is 14.2 Å². The van der Waals surface area contributed by atoms with Gasteiger partial charge in [0.05, 0.1) is 33.0 Å². The van der Waals surface area contributed by atoms with Gasteiger partial charge in [0.1, 0.15) is 0 Å².